The van der Waals surface area contributed by atoms with Gasteiger partial charge in [-0.3, -0.25) is 4.79 Å². The number of aromatic nitrogens is 2. The summed E-state index contributed by atoms with van der Waals surface area (Å²) < 4.78 is 53.8. The molecule has 37 heavy (non-hydrogen) atoms. The van der Waals surface area contributed by atoms with E-state index in [-0.39, 0.29) is 24.7 Å². The van der Waals surface area contributed by atoms with Crippen LogP contribution in [-0.2, 0) is 0 Å². The molecule has 6 rings (SSSR count). The number of halogens is 4. The van der Waals surface area contributed by atoms with Crippen molar-refractivity contribution >= 4 is 29.0 Å². The lowest BCUT2D eigenvalue weighted by Gasteiger charge is -2.36. The van der Waals surface area contributed by atoms with E-state index in [2.05, 4.69) is 15.3 Å². The van der Waals surface area contributed by atoms with Crippen LogP contribution in [0.25, 0.3) is 0 Å². The van der Waals surface area contributed by atoms with Gasteiger partial charge in [-0.2, -0.15) is 18.3 Å². The van der Waals surface area contributed by atoms with Gasteiger partial charge in [0.1, 0.15) is 5.82 Å². The van der Waals surface area contributed by atoms with E-state index in [1.54, 1.807) is 23.1 Å². The molecule has 0 bridgehead atoms. The molecule has 1 N–H and O–H groups in total. The average molecular weight is 534 g/mol. The first kappa shape index (κ1) is 23.8. The van der Waals surface area contributed by atoms with Gasteiger partial charge < -0.3 is 24.6 Å². The summed E-state index contributed by atoms with van der Waals surface area (Å²) in [7, 11) is 0. The molecule has 0 unspecified atom stereocenters. The second kappa shape index (κ2) is 9.05. The highest BCUT2D eigenvalue weighted by Gasteiger charge is 2.47. The Labute approximate surface area is 215 Å². The van der Waals surface area contributed by atoms with Gasteiger partial charge in [-0.1, -0.05) is 29.8 Å². The molecule has 0 aliphatic carbocycles. The fraction of sp³-hybridized carbons (Fsp3) is 0.360. The second-order valence-corrected chi connectivity index (χ2v) is 9.60. The number of nitrogens with one attached hydrogen (secondary N) is 1. The van der Waals surface area contributed by atoms with Gasteiger partial charge in [0, 0.05) is 38.7 Å². The van der Waals surface area contributed by atoms with Gasteiger partial charge in [-0.05, 0) is 29.8 Å². The van der Waals surface area contributed by atoms with Crippen molar-refractivity contribution in [3.05, 3.63) is 64.8 Å². The topological polar surface area (TPSA) is 71.9 Å². The molecular formula is C25H23ClF3N5O3. The van der Waals surface area contributed by atoms with Crippen molar-refractivity contribution < 1.29 is 27.4 Å². The number of carbonyl (C=O) groups is 1. The first-order valence-electron chi connectivity index (χ1n) is 11.9. The fourth-order valence-corrected chi connectivity index (χ4v) is 5.30. The predicted molar refractivity (Wildman–Crippen MR) is 130 cm³/mol. The highest BCUT2D eigenvalue weighted by Crippen LogP contribution is 2.45. The molecule has 4 heterocycles. The van der Waals surface area contributed by atoms with Gasteiger partial charge in [-0.25, -0.2) is 4.68 Å². The number of alkyl halides is 3. The van der Waals surface area contributed by atoms with Gasteiger partial charge in [-0.15, -0.1) is 0 Å². The van der Waals surface area contributed by atoms with E-state index in [0.717, 1.165) is 10.4 Å². The molecule has 0 radical (unpaired) electrons. The fourth-order valence-electron chi connectivity index (χ4n) is 5.05. The number of fused-ring (bicyclic) bond motifs is 2. The van der Waals surface area contributed by atoms with E-state index < -0.39 is 24.2 Å². The molecule has 2 atom stereocenters. The van der Waals surface area contributed by atoms with Crippen molar-refractivity contribution in [1.82, 2.24) is 14.7 Å². The third-order valence-electron chi connectivity index (χ3n) is 6.97. The zero-order valence-electron chi connectivity index (χ0n) is 19.5. The number of amides is 1. The van der Waals surface area contributed by atoms with E-state index in [4.69, 9.17) is 21.1 Å². The number of hydrogen-bond acceptors (Lipinski definition) is 6. The second-order valence-electron chi connectivity index (χ2n) is 9.19. The summed E-state index contributed by atoms with van der Waals surface area (Å²) >= 11 is 6.30. The Hall–Kier alpha value is -3.60. The average Bonchev–Trinajstić information content (AvgIpc) is 3.54. The molecule has 0 saturated carbocycles. The van der Waals surface area contributed by atoms with E-state index in [1.165, 1.54) is 6.07 Å². The minimum absolute atomic E-state index is 0.0192. The van der Waals surface area contributed by atoms with E-state index in [9.17, 15) is 18.0 Å². The molecule has 3 aromatic rings. The summed E-state index contributed by atoms with van der Waals surface area (Å²) in [6.45, 7) is 1.99. The third kappa shape index (κ3) is 4.41. The summed E-state index contributed by atoms with van der Waals surface area (Å²) in [5, 5.41) is 7.87. The molecule has 1 saturated heterocycles. The number of piperazine rings is 1. The SMILES string of the molecule is O=C(c1cc2n(n1)[C@@H](C(F)(F)F)C[C@H](c1ccc3c(c1)OCO3)N2)N1CCN(c2ccccc2Cl)CC1. The Morgan fingerprint density at radius 3 is 2.54 bits per heavy atom. The van der Waals surface area contributed by atoms with Crippen molar-refractivity contribution in [2.75, 3.05) is 43.2 Å². The number of para-hydroxylation sites is 1. The lowest BCUT2D eigenvalue weighted by atomic mass is 9.96. The lowest BCUT2D eigenvalue weighted by molar-refractivity contribution is -0.173. The lowest BCUT2D eigenvalue weighted by Crippen LogP contribution is -2.49. The van der Waals surface area contributed by atoms with Crippen molar-refractivity contribution in [2.45, 2.75) is 24.7 Å². The predicted octanol–water partition coefficient (Wildman–Crippen LogP) is 4.89. The summed E-state index contributed by atoms with van der Waals surface area (Å²) in [5.74, 6) is 0.797. The van der Waals surface area contributed by atoms with Gasteiger partial charge in [0.05, 0.1) is 16.8 Å². The Balaban J connectivity index is 1.22. The number of hydrogen-bond donors (Lipinski definition) is 1. The summed E-state index contributed by atoms with van der Waals surface area (Å²) in [4.78, 5) is 16.9. The Kier molecular flexibility index (Phi) is 5.82. The Morgan fingerprint density at radius 2 is 1.78 bits per heavy atom. The summed E-state index contributed by atoms with van der Waals surface area (Å²) in [5.41, 5.74) is 1.50. The molecule has 194 valence electrons. The van der Waals surface area contributed by atoms with E-state index in [1.807, 2.05) is 24.3 Å². The largest absolute Gasteiger partial charge is 0.454 e. The van der Waals surface area contributed by atoms with Crippen molar-refractivity contribution in [1.29, 1.82) is 0 Å². The van der Waals surface area contributed by atoms with Crippen LogP contribution in [0.3, 0.4) is 0 Å². The standard InChI is InChI=1S/C25H23ClF3N5O3/c26-16-3-1-2-4-19(16)32-7-9-33(10-8-32)24(35)18-13-23-30-17(12-22(25(27,28)29)34(23)31-18)15-5-6-20-21(11-15)37-14-36-20/h1-6,11,13,17,22,30H,7-10,12,14H2/t17-,22-/m1/s1. The molecule has 8 nitrogen and oxygen atoms in total. The molecule has 1 fully saturated rings. The van der Waals surface area contributed by atoms with Crippen LogP contribution in [0.15, 0.2) is 48.5 Å². The maximum absolute atomic E-state index is 14.1. The smallest absolute Gasteiger partial charge is 0.410 e. The van der Waals surface area contributed by atoms with Crippen LogP contribution in [0, 0.1) is 0 Å². The highest BCUT2D eigenvalue weighted by atomic mass is 35.5. The maximum Gasteiger partial charge on any atom is 0.410 e. The van der Waals surface area contributed by atoms with Crippen LogP contribution in [0.4, 0.5) is 24.7 Å². The first-order chi connectivity index (χ1) is 17.8. The van der Waals surface area contributed by atoms with Crippen LogP contribution in [-0.4, -0.2) is 59.7 Å². The van der Waals surface area contributed by atoms with Crippen molar-refractivity contribution in [3.8, 4) is 11.5 Å². The van der Waals surface area contributed by atoms with Gasteiger partial charge >= 0.3 is 6.18 Å². The van der Waals surface area contributed by atoms with Gasteiger partial charge in [0.2, 0.25) is 6.79 Å². The quantitative estimate of drug-likeness (QED) is 0.517. The minimum atomic E-state index is -4.54. The third-order valence-corrected chi connectivity index (χ3v) is 7.29. The first-order valence-corrected chi connectivity index (χ1v) is 12.3. The molecule has 12 heteroatoms. The zero-order valence-corrected chi connectivity index (χ0v) is 20.3. The summed E-state index contributed by atoms with van der Waals surface area (Å²) in [6, 6.07) is 11.4. The highest BCUT2D eigenvalue weighted by molar-refractivity contribution is 6.33. The molecule has 1 aromatic heterocycles. The Morgan fingerprint density at radius 1 is 1.03 bits per heavy atom. The number of carbonyl (C=O) groups excluding carboxylic acids is 1. The molecule has 3 aliphatic rings. The molecule has 3 aliphatic heterocycles. The molecule has 2 aromatic carbocycles. The molecule has 1 amide bonds. The van der Waals surface area contributed by atoms with Crippen LogP contribution in [0.1, 0.15) is 34.6 Å². The minimum Gasteiger partial charge on any atom is -0.454 e. The van der Waals surface area contributed by atoms with Crippen LogP contribution >= 0.6 is 11.6 Å². The van der Waals surface area contributed by atoms with E-state index >= 15 is 0 Å². The van der Waals surface area contributed by atoms with Crippen molar-refractivity contribution in [3.63, 3.8) is 0 Å². The maximum atomic E-state index is 14.1. The molecular weight excluding hydrogens is 511 g/mol. The molecule has 0 spiro atoms. The normalized spacial score (nSPS) is 21.0. The van der Waals surface area contributed by atoms with Gasteiger partial charge in [0.25, 0.3) is 5.91 Å². The Bertz CT molecular complexity index is 1340. The monoisotopic (exact) mass is 533 g/mol. The number of anilines is 2. The zero-order chi connectivity index (χ0) is 25.7. The number of ether oxygens (including phenoxy) is 2. The number of benzene rings is 2. The number of nitrogens with zero attached hydrogens (tertiary/aromatic N) is 4. The van der Waals surface area contributed by atoms with Crippen LogP contribution in [0.2, 0.25) is 5.02 Å². The van der Waals surface area contributed by atoms with Crippen molar-refractivity contribution in [2.24, 2.45) is 0 Å². The van der Waals surface area contributed by atoms with Gasteiger partial charge in [0.15, 0.2) is 23.2 Å². The van der Waals surface area contributed by atoms with E-state index in [0.29, 0.717) is 48.3 Å². The van der Waals surface area contributed by atoms with Crippen LogP contribution in [0.5, 0.6) is 11.5 Å². The summed E-state index contributed by atoms with van der Waals surface area (Å²) in [6.07, 6.45) is -4.82. The van der Waals surface area contributed by atoms with Crippen LogP contribution < -0.4 is 19.7 Å². The number of rotatable bonds is 3.